The summed E-state index contributed by atoms with van der Waals surface area (Å²) in [7, 11) is 1.49. The number of primary amides is 1. The second-order valence-electron chi connectivity index (χ2n) is 25.9. The van der Waals surface area contributed by atoms with Gasteiger partial charge in [0.2, 0.25) is 23.6 Å². The van der Waals surface area contributed by atoms with Crippen molar-refractivity contribution in [1.29, 1.82) is 0 Å². The SMILES string of the molecule is CCCCC(C)(CC)SC1CC(=O)N(CCOCCOC(=O)N[C@H](C(=O)N[C@@H](CCCNC(N)=O)C(=O)Nc2ccc(COC(=O)N(C)CCN(CCOCCO)C(=O)Oc3cc4c(c5c(C)cccc35)[C@H](CCl)CN4C(=O)c3cn4cc(NC(=O)c5ccc(O)cc5)ccc4n3)cc2)C(C)C)C1=O. The van der Waals surface area contributed by atoms with Crippen molar-refractivity contribution < 1.29 is 81.8 Å². The summed E-state index contributed by atoms with van der Waals surface area (Å²) in [6.07, 6.45) is 5.01. The van der Waals surface area contributed by atoms with Gasteiger partial charge in [-0.1, -0.05) is 77.8 Å². The van der Waals surface area contributed by atoms with Crippen LogP contribution in [0.15, 0.2) is 97.3 Å². The first kappa shape index (κ1) is 79.9. The van der Waals surface area contributed by atoms with Crippen molar-refractivity contribution in [3.05, 3.63) is 125 Å². The zero-order valence-electron chi connectivity index (χ0n) is 59.5. The van der Waals surface area contributed by atoms with Gasteiger partial charge in [0.15, 0.2) is 0 Å². The number of hydrogen-bond donors (Lipinski definition) is 8. The van der Waals surface area contributed by atoms with Crippen LogP contribution in [-0.4, -0.2) is 208 Å². The number of alkyl carbamates (subject to hydrolysis) is 1. The van der Waals surface area contributed by atoms with E-state index in [0.29, 0.717) is 39.2 Å². The number of aliphatic hydroxyl groups excluding tert-OH is 1. The second-order valence-corrected chi connectivity index (χ2v) is 28.0. The molecule has 0 aliphatic carbocycles. The van der Waals surface area contributed by atoms with Crippen molar-refractivity contribution in [2.45, 2.75) is 121 Å². The van der Waals surface area contributed by atoms with E-state index in [1.165, 1.54) is 46.0 Å². The minimum Gasteiger partial charge on any atom is -0.508 e. The third-order valence-electron chi connectivity index (χ3n) is 17.9. The molecule has 2 aliphatic heterocycles. The molecule has 0 radical (unpaired) electrons. The first-order valence-corrected chi connectivity index (χ1v) is 36.1. The highest BCUT2D eigenvalue weighted by Gasteiger charge is 2.43. The zero-order chi connectivity index (χ0) is 75.2. The number of nitrogens with two attached hydrogens (primary N) is 1. The number of carbonyl (C=O) groups excluding carboxylic acids is 10. The number of ether oxygens (including phenoxy) is 5. The molecule has 0 spiro atoms. The summed E-state index contributed by atoms with van der Waals surface area (Å²) >= 11 is 8.23. The fraction of sp³-hybridized carbons (Fsp3) is 0.466. The minimum absolute atomic E-state index is 0.0000893. The number of alkyl halides is 1. The van der Waals surface area contributed by atoms with Gasteiger partial charge in [0, 0.05) is 97.8 Å². The number of carbonyl (C=O) groups is 10. The smallest absolute Gasteiger partial charge is 0.415 e. The van der Waals surface area contributed by atoms with Crippen molar-refractivity contribution in [3.8, 4) is 11.5 Å². The van der Waals surface area contributed by atoms with Gasteiger partial charge in [0.05, 0.1) is 56.2 Å². The number of aliphatic hydroxyl groups is 1. The van der Waals surface area contributed by atoms with E-state index in [0.717, 1.165) is 42.2 Å². The molecule has 4 aromatic carbocycles. The maximum absolute atomic E-state index is 14.6. The van der Waals surface area contributed by atoms with Crippen LogP contribution < -0.4 is 42.0 Å². The Hall–Kier alpha value is -9.75. The molecule has 104 heavy (non-hydrogen) atoms. The summed E-state index contributed by atoms with van der Waals surface area (Å²) < 4.78 is 29.8. The Labute approximate surface area is 612 Å². The van der Waals surface area contributed by atoms with Crippen LogP contribution in [0.5, 0.6) is 11.5 Å². The molecule has 0 saturated carbocycles. The number of aromatic hydroxyl groups is 1. The number of amides is 11. The standard InChI is InChI=1S/C73H93ClN12O17S/c1-8-10-26-73(6,9-2)104-58-39-60(89)85(68(58)94)31-34-100-36-37-101-70(96)81-63(45(3)4)66(92)80-54(15-12-27-76-69(75)95)65(91)77-50-20-16-47(17-21-50)44-102-71(97)82(7)28-29-83(30-33-99-35-32-87)72(98)103-57-38-56-62(61-46(5)13-11-14-53(57)61)49(40-74)41-86(56)67(93)55-43-84-42-51(22-25-59(84)79-55)78-64(90)48-18-23-52(88)24-19-48/h11,13-14,16-25,38,42-43,45,49,54,58,63,87-88H,8-10,12,15,26-37,39-41,44H2,1-7H3,(H,77,91)(H,78,90)(H,80,92)(H,81,96)(H3,75,76,95)/t49-,54+,58?,63+,73?/m1/s1. The Bertz CT molecular complexity index is 4030. The fourth-order valence-corrected chi connectivity index (χ4v) is 13.8. The van der Waals surface area contributed by atoms with Crippen LogP contribution in [-0.2, 0) is 44.7 Å². The number of imidazole rings is 1. The molecule has 1 fully saturated rings. The van der Waals surface area contributed by atoms with Gasteiger partial charge in [-0.05, 0) is 109 Å². The molecule has 29 nitrogen and oxygen atoms in total. The van der Waals surface area contributed by atoms with Crippen LogP contribution in [0, 0.1) is 12.8 Å². The Kier molecular flexibility index (Phi) is 29.3. The molecule has 9 N–H and O–H groups in total. The number of hydrogen-bond acceptors (Lipinski definition) is 19. The Balaban J connectivity index is 0.839. The molecule has 2 aliphatic rings. The van der Waals surface area contributed by atoms with Crippen LogP contribution in [0.25, 0.3) is 16.4 Å². The summed E-state index contributed by atoms with van der Waals surface area (Å²) in [5, 5.41) is 33.3. The highest BCUT2D eigenvalue weighted by atomic mass is 35.5. The normalized spacial score (nSPS) is 15.2. The molecule has 11 amide bonds. The van der Waals surface area contributed by atoms with Crippen molar-refractivity contribution in [2.75, 3.05) is 107 Å². The quantitative estimate of drug-likeness (QED) is 0.0103. The maximum atomic E-state index is 14.6. The molecular formula is C73H93ClN12O17S. The minimum atomic E-state index is -1.17. The number of anilines is 3. The van der Waals surface area contributed by atoms with Crippen LogP contribution in [0.4, 0.5) is 36.2 Å². The first-order chi connectivity index (χ1) is 49.8. The van der Waals surface area contributed by atoms with Crippen molar-refractivity contribution in [3.63, 3.8) is 0 Å². The molecule has 0 bridgehead atoms. The van der Waals surface area contributed by atoms with E-state index in [1.807, 2.05) is 25.1 Å². The van der Waals surface area contributed by atoms with Crippen molar-refractivity contribution in [2.24, 2.45) is 11.7 Å². The number of aryl methyl sites for hydroxylation is 1. The van der Waals surface area contributed by atoms with Crippen molar-refractivity contribution >= 4 is 117 Å². The lowest BCUT2D eigenvalue weighted by Gasteiger charge is -2.30. The van der Waals surface area contributed by atoms with Crippen LogP contribution in [0.2, 0.25) is 0 Å². The summed E-state index contributed by atoms with van der Waals surface area (Å²) in [5.41, 5.74) is 9.48. The van der Waals surface area contributed by atoms with Gasteiger partial charge in [-0.3, -0.25) is 33.7 Å². The van der Waals surface area contributed by atoms with E-state index in [9.17, 15) is 58.2 Å². The van der Waals surface area contributed by atoms with Crippen molar-refractivity contribution in [1.82, 2.24) is 40.0 Å². The van der Waals surface area contributed by atoms with Gasteiger partial charge < -0.3 is 85.3 Å². The van der Waals surface area contributed by atoms with E-state index in [1.54, 1.807) is 89.8 Å². The van der Waals surface area contributed by atoms with Crippen LogP contribution >= 0.6 is 23.4 Å². The summed E-state index contributed by atoms with van der Waals surface area (Å²) in [4.78, 5) is 144. The number of rotatable bonds is 37. The fourth-order valence-electron chi connectivity index (χ4n) is 11.9. The lowest BCUT2D eigenvalue weighted by Crippen LogP contribution is -2.54. The largest absolute Gasteiger partial charge is 0.508 e. The molecular weight excluding hydrogens is 1380 g/mol. The van der Waals surface area contributed by atoms with E-state index in [-0.39, 0.29) is 150 Å². The second kappa shape index (κ2) is 38.1. The summed E-state index contributed by atoms with van der Waals surface area (Å²) in [6.45, 7) is 11.2. The topological polar surface area (TPSA) is 374 Å². The third kappa shape index (κ3) is 21.7. The molecule has 31 heteroatoms. The highest BCUT2D eigenvalue weighted by molar-refractivity contribution is 8.02. The van der Waals surface area contributed by atoms with E-state index < -0.39 is 71.2 Å². The van der Waals surface area contributed by atoms with E-state index in [2.05, 4.69) is 52.3 Å². The average Bonchev–Trinajstić information content (AvgIpc) is 1.54. The molecule has 4 heterocycles. The number of halogens is 1. The molecule has 6 aromatic rings. The van der Waals surface area contributed by atoms with Gasteiger partial charge in [-0.15, -0.1) is 23.4 Å². The number of urea groups is 1. The number of phenols is 1. The van der Waals surface area contributed by atoms with Crippen LogP contribution in [0.1, 0.15) is 123 Å². The Morgan fingerprint density at radius 3 is 2.28 bits per heavy atom. The number of nitrogens with zero attached hydrogens (tertiary/aromatic N) is 6. The lowest BCUT2D eigenvalue weighted by atomic mass is 9.92. The Morgan fingerprint density at radius 2 is 1.58 bits per heavy atom. The van der Waals surface area contributed by atoms with Gasteiger partial charge in [-0.25, -0.2) is 24.2 Å². The number of aromatic nitrogens is 2. The predicted octanol–water partition coefficient (Wildman–Crippen LogP) is 8.67. The predicted molar refractivity (Wildman–Crippen MR) is 392 cm³/mol. The Morgan fingerprint density at radius 1 is 0.837 bits per heavy atom. The number of pyridine rings is 1. The molecule has 5 atom stereocenters. The van der Waals surface area contributed by atoms with Gasteiger partial charge in [0.1, 0.15) is 48.1 Å². The monoisotopic (exact) mass is 1480 g/mol. The molecule has 8 rings (SSSR count). The number of phenolic OH excluding ortho intramolecular Hbond substituents is 1. The number of likely N-dealkylation sites (N-methyl/N-ethyl adjacent to an activating group) is 1. The van der Waals surface area contributed by atoms with Gasteiger partial charge in [-0.2, -0.15) is 0 Å². The molecule has 1 saturated heterocycles. The zero-order valence-corrected chi connectivity index (χ0v) is 61.1. The van der Waals surface area contributed by atoms with Crippen LogP contribution in [0.3, 0.4) is 0 Å². The number of likely N-dealkylation sites (tertiary alicyclic amines) is 1. The van der Waals surface area contributed by atoms with Gasteiger partial charge in [0.25, 0.3) is 11.8 Å². The number of nitrogens with one attached hydrogen (secondary N) is 5. The number of unbranched alkanes of at least 4 members (excludes halogenated alkanes) is 1. The average molecular weight is 1480 g/mol. The first-order valence-electron chi connectivity index (χ1n) is 34.7. The summed E-state index contributed by atoms with van der Waals surface area (Å²) in [5.74, 6) is -3.14. The number of imide groups is 1. The molecule has 560 valence electrons. The van der Waals surface area contributed by atoms with E-state index >= 15 is 0 Å². The van der Waals surface area contributed by atoms with Gasteiger partial charge >= 0.3 is 24.3 Å². The summed E-state index contributed by atoms with van der Waals surface area (Å²) in [6, 6.07) is 19.6. The number of benzene rings is 4. The molecule has 2 aromatic heterocycles. The number of thioether (sulfide) groups is 1. The number of fused-ring (bicyclic) bond motifs is 4. The third-order valence-corrected chi connectivity index (χ3v) is 20.0. The highest BCUT2D eigenvalue weighted by Crippen LogP contribution is 2.47. The maximum Gasteiger partial charge on any atom is 0.415 e. The van der Waals surface area contributed by atoms with E-state index in [4.69, 9.17) is 41.0 Å². The lowest BCUT2D eigenvalue weighted by molar-refractivity contribution is -0.139. The molecule has 2 unspecified atom stereocenters.